The highest BCUT2D eigenvalue weighted by Gasteiger charge is 2.26. The maximum Gasteiger partial charge on any atom is 0.387 e. The first kappa shape index (κ1) is 20.7. The van der Waals surface area contributed by atoms with Gasteiger partial charge in [-0.25, -0.2) is 4.79 Å². The van der Waals surface area contributed by atoms with Gasteiger partial charge < -0.3 is 19.5 Å². The molecule has 1 aliphatic heterocycles. The van der Waals surface area contributed by atoms with Gasteiger partial charge in [-0.15, -0.1) is 0 Å². The third-order valence-electron chi connectivity index (χ3n) is 4.41. The van der Waals surface area contributed by atoms with Gasteiger partial charge in [0.2, 0.25) is 0 Å². The van der Waals surface area contributed by atoms with E-state index in [0.29, 0.717) is 18.6 Å². The normalized spacial score (nSPS) is 17.0. The lowest BCUT2D eigenvalue weighted by Gasteiger charge is -2.20. The van der Waals surface area contributed by atoms with Gasteiger partial charge in [-0.3, -0.25) is 4.79 Å². The first-order chi connectivity index (χ1) is 14.0. The van der Waals surface area contributed by atoms with Crippen molar-refractivity contribution in [1.82, 2.24) is 5.32 Å². The topological polar surface area (TPSA) is 73.9 Å². The quantitative estimate of drug-likeness (QED) is 0.683. The third kappa shape index (κ3) is 5.99. The van der Waals surface area contributed by atoms with Crippen molar-refractivity contribution in [3.63, 3.8) is 0 Å². The van der Waals surface area contributed by atoms with Crippen LogP contribution in [0.5, 0.6) is 5.75 Å². The second kappa shape index (κ2) is 9.97. The summed E-state index contributed by atoms with van der Waals surface area (Å²) < 4.78 is 39.3. The van der Waals surface area contributed by atoms with Gasteiger partial charge in [0, 0.05) is 6.61 Å². The van der Waals surface area contributed by atoms with Crippen LogP contribution in [0.15, 0.2) is 54.6 Å². The lowest BCUT2D eigenvalue weighted by atomic mass is 9.98. The van der Waals surface area contributed by atoms with Gasteiger partial charge in [-0.2, -0.15) is 8.78 Å². The van der Waals surface area contributed by atoms with Gasteiger partial charge in [0.05, 0.1) is 6.04 Å². The summed E-state index contributed by atoms with van der Waals surface area (Å²) in [5, 5.41) is 2.81. The average Bonchev–Trinajstić information content (AvgIpc) is 3.26. The Kier molecular flexibility index (Phi) is 7.13. The molecule has 3 rings (SSSR count). The summed E-state index contributed by atoms with van der Waals surface area (Å²) in [4.78, 5) is 24.3. The molecular weight excluding hydrogens is 384 g/mol. The van der Waals surface area contributed by atoms with Crippen molar-refractivity contribution in [1.29, 1.82) is 0 Å². The molecule has 1 amide bonds. The summed E-state index contributed by atoms with van der Waals surface area (Å²) >= 11 is 0. The molecule has 1 fully saturated rings. The second-order valence-corrected chi connectivity index (χ2v) is 6.47. The van der Waals surface area contributed by atoms with Gasteiger partial charge in [-0.05, 0) is 36.1 Å². The molecule has 0 unspecified atom stereocenters. The maximum atomic E-state index is 12.4. The van der Waals surface area contributed by atoms with Crippen molar-refractivity contribution in [2.24, 2.45) is 0 Å². The smallest absolute Gasteiger partial charge is 0.387 e. The standard InChI is InChI=1S/C21H21F2NO5/c22-21(23)29-16-10-8-15(9-11-16)19(14-5-2-1-3-6-14)24-18(25)13-28-20(26)17-7-4-12-27-17/h1-3,5-6,8-11,17,19,21H,4,7,12-13H2,(H,24,25)/t17-,19+/m0/s1. The van der Waals surface area contributed by atoms with Crippen molar-refractivity contribution in [2.75, 3.05) is 13.2 Å². The van der Waals surface area contributed by atoms with Gasteiger partial charge in [0.1, 0.15) is 5.75 Å². The Morgan fingerprint density at radius 2 is 1.76 bits per heavy atom. The van der Waals surface area contributed by atoms with Crippen molar-refractivity contribution in [3.8, 4) is 5.75 Å². The monoisotopic (exact) mass is 405 g/mol. The van der Waals surface area contributed by atoms with Crippen LogP contribution in [0.4, 0.5) is 8.78 Å². The number of rotatable bonds is 8. The summed E-state index contributed by atoms with van der Waals surface area (Å²) in [5.74, 6) is -1.02. The fourth-order valence-electron chi connectivity index (χ4n) is 3.04. The molecule has 0 spiro atoms. The van der Waals surface area contributed by atoms with Crippen molar-refractivity contribution in [2.45, 2.75) is 31.6 Å². The number of carbonyl (C=O) groups excluding carboxylic acids is 2. The van der Waals surface area contributed by atoms with E-state index in [0.717, 1.165) is 12.0 Å². The molecule has 0 radical (unpaired) electrons. The van der Waals surface area contributed by atoms with Gasteiger partial charge in [0.15, 0.2) is 12.7 Å². The maximum absolute atomic E-state index is 12.4. The first-order valence-corrected chi connectivity index (χ1v) is 9.20. The Morgan fingerprint density at radius 3 is 2.38 bits per heavy atom. The fraction of sp³-hybridized carbons (Fsp3) is 0.333. The molecule has 0 saturated carbocycles. The van der Waals surface area contributed by atoms with E-state index in [1.54, 1.807) is 12.1 Å². The Bertz CT molecular complexity index is 808. The Balaban J connectivity index is 1.67. The fourth-order valence-corrected chi connectivity index (χ4v) is 3.04. The third-order valence-corrected chi connectivity index (χ3v) is 4.41. The van der Waals surface area contributed by atoms with E-state index in [9.17, 15) is 18.4 Å². The van der Waals surface area contributed by atoms with E-state index < -0.39 is 37.2 Å². The van der Waals surface area contributed by atoms with Crippen molar-refractivity contribution in [3.05, 3.63) is 65.7 Å². The number of hydrogen-bond acceptors (Lipinski definition) is 5. The summed E-state index contributed by atoms with van der Waals surface area (Å²) in [7, 11) is 0. The molecule has 2 aromatic rings. The number of ether oxygens (including phenoxy) is 3. The SMILES string of the molecule is O=C(COC(=O)[C@@H]1CCCO1)N[C@H](c1ccccc1)c1ccc(OC(F)F)cc1. The minimum absolute atomic E-state index is 0.0207. The molecule has 6 nitrogen and oxygen atoms in total. The molecule has 29 heavy (non-hydrogen) atoms. The van der Waals surface area contributed by atoms with Gasteiger partial charge >= 0.3 is 12.6 Å². The number of hydrogen-bond donors (Lipinski definition) is 1. The van der Waals surface area contributed by atoms with Crippen LogP contribution in [0.25, 0.3) is 0 Å². The molecule has 0 bridgehead atoms. The Labute approximate surface area is 166 Å². The predicted molar refractivity (Wildman–Crippen MR) is 99.4 cm³/mol. The van der Waals surface area contributed by atoms with Crippen molar-refractivity contribution >= 4 is 11.9 Å². The van der Waals surface area contributed by atoms with Crippen molar-refractivity contribution < 1.29 is 32.6 Å². The molecule has 1 heterocycles. The van der Waals surface area contributed by atoms with Crippen LogP contribution in [0, 0.1) is 0 Å². The highest BCUT2D eigenvalue weighted by molar-refractivity contribution is 5.82. The summed E-state index contributed by atoms with van der Waals surface area (Å²) in [5.41, 5.74) is 1.45. The van der Waals surface area contributed by atoms with Crippen LogP contribution in [-0.2, 0) is 19.1 Å². The molecule has 2 atom stereocenters. The van der Waals surface area contributed by atoms with Gasteiger partial charge in [-0.1, -0.05) is 42.5 Å². The first-order valence-electron chi connectivity index (χ1n) is 9.20. The van der Waals surface area contributed by atoms with Crippen LogP contribution in [0.3, 0.4) is 0 Å². The molecule has 1 aliphatic rings. The van der Waals surface area contributed by atoms with Crippen LogP contribution < -0.4 is 10.1 Å². The minimum Gasteiger partial charge on any atom is -0.454 e. The number of halogens is 2. The van der Waals surface area contributed by atoms with Crippen LogP contribution in [-0.4, -0.2) is 37.8 Å². The summed E-state index contributed by atoms with van der Waals surface area (Å²) in [6, 6.07) is 14.6. The lowest BCUT2D eigenvalue weighted by Crippen LogP contribution is -2.34. The Morgan fingerprint density at radius 1 is 1.07 bits per heavy atom. The molecule has 0 aliphatic carbocycles. The average molecular weight is 405 g/mol. The summed E-state index contributed by atoms with van der Waals surface area (Å²) in [6.45, 7) is -2.84. The van der Waals surface area contributed by atoms with E-state index in [2.05, 4.69) is 10.1 Å². The molecule has 8 heteroatoms. The zero-order valence-electron chi connectivity index (χ0n) is 15.6. The highest BCUT2D eigenvalue weighted by Crippen LogP contribution is 2.25. The van der Waals surface area contributed by atoms with Crippen LogP contribution in [0.1, 0.15) is 30.0 Å². The molecule has 2 aromatic carbocycles. The zero-order valence-corrected chi connectivity index (χ0v) is 15.6. The number of esters is 1. The number of alkyl halides is 2. The van der Waals surface area contributed by atoms with E-state index in [-0.39, 0.29) is 5.75 Å². The largest absolute Gasteiger partial charge is 0.454 e. The van der Waals surface area contributed by atoms with E-state index in [1.807, 2.05) is 30.3 Å². The number of amides is 1. The zero-order chi connectivity index (χ0) is 20.6. The molecule has 0 aromatic heterocycles. The van der Waals surface area contributed by atoms with E-state index >= 15 is 0 Å². The van der Waals surface area contributed by atoms with E-state index in [1.165, 1.54) is 12.1 Å². The number of benzene rings is 2. The van der Waals surface area contributed by atoms with E-state index in [4.69, 9.17) is 9.47 Å². The second-order valence-electron chi connectivity index (χ2n) is 6.47. The van der Waals surface area contributed by atoms with Crippen LogP contribution in [0.2, 0.25) is 0 Å². The molecule has 1 N–H and O–H groups in total. The molecule has 154 valence electrons. The highest BCUT2D eigenvalue weighted by atomic mass is 19.3. The number of nitrogens with one attached hydrogen (secondary N) is 1. The molecule has 1 saturated heterocycles. The number of carbonyl (C=O) groups is 2. The molecular formula is C21H21F2NO5. The minimum atomic E-state index is -2.91. The lowest BCUT2D eigenvalue weighted by molar-refractivity contribution is -0.157. The Hall–Kier alpha value is -3.00. The summed E-state index contributed by atoms with van der Waals surface area (Å²) in [6.07, 6.45) is 0.753. The van der Waals surface area contributed by atoms with Gasteiger partial charge in [0.25, 0.3) is 5.91 Å². The van der Waals surface area contributed by atoms with Crippen LogP contribution >= 0.6 is 0 Å². The predicted octanol–water partition coefficient (Wildman–Crippen LogP) is 3.22.